The first-order chi connectivity index (χ1) is 8.09. The van der Waals surface area contributed by atoms with Crippen molar-refractivity contribution < 1.29 is 4.92 Å². The number of nitro groups is 1. The van der Waals surface area contributed by atoms with E-state index in [4.69, 9.17) is 0 Å². The van der Waals surface area contributed by atoms with Gasteiger partial charge in [0.05, 0.1) is 6.54 Å². The third-order valence-corrected chi connectivity index (χ3v) is 4.12. The molecule has 0 radical (unpaired) electrons. The summed E-state index contributed by atoms with van der Waals surface area (Å²) < 4.78 is 2.60. The molecule has 0 amide bonds. The number of aryl methyl sites for hydroxylation is 1. The van der Waals surface area contributed by atoms with E-state index in [9.17, 15) is 10.1 Å². The van der Waals surface area contributed by atoms with Crippen molar-refractivity contribution in [1.29, 1.82) is 0 Å². The number of hydrogen-bond donors (Lipinski definition) is 1. The highest BCUT2D eigenvalue weighted by atomic mass is 79.9. The summed E-state index contributed by atoms with van der Waals surface area (Å²) in [7, 11) is 1.71. The molecule has 0 atom stereocenters. The second kappa shape index (κ2) is 4.84. The fraction of sp³-hybridized carbons (Fsp3) is 0.222. The van der Waals surface area contributed by atoms with E-state index in [1.165, 1.54) is 6.33 Å². The molecule has 0 bridgehead atoms. The second-order valence-electron chi connectivity index (χ2n) is 3.33. The van der Waals surface area contributed by atoms with Crippen LogP contribution in [0.4, 0.5) is 11.6 Å². The molecular weight excluding hydrogens is 308 g/mol. The number of thiophene rings is 1. The monoisotopic (exact) mass is 316 g/mol. The summed E-state index contributed by atoms with van der Waals surface area (Å²) in [5, 5.41) is 15.7. The van der Waals surface area contributed by atoms with Crippen LogP contribution in [0.3, 0.4) is 0 Å². The van der Waals surface area contributed by atoms with Crippen LogP contribution >= 0.6 is 27.3 Å². The number of aromatic nitrogens is 2. The van der Waals surface area contributed by atoms with Crippen LogP contribution in [0, 0.1) is 10.1 Å². The molecule has 2 aromatic heterocycles. The molecule has 0 fully saturated rings. The molecule has 0 aliphatic rings. The normalized spacial score (nSPS) is 10.5. The predicted molar refractivity (Wildman–Crippen MR) is 69.2 cm³/mol. The van der Waals surface area contributed by atoms with Crippen LogP contribution < -0.4 is 5.32 Å². The lowest BCUT2D eigenvalue weighted by molar-refractivity contribution is -0.388. The summed E-state index contributed by atoms with van der Waals surface area (Å²) in [5.41, 5.74) is 0. The lowest BCUT2D eigenvalue weighted by Crippen LogP contribution is -2.05. The number of rotatable bonds is 4. The SMILES string of the molecule is Cn1cnc([N+](=O)[O-])c1NCc1sccc1Br. The second-order valence-corrected chi connectivity index (χ2v) is 5.19. The molecule has 0 aliphatic heterocycles. The lowest BCUT2D eigenvalue weighted by atomic mass is 10.4. The summed E-state index contributed by atoms with van der Waals surface area (Å²) in [4.78, 5) is 15.1. The first-order valence-corrected chi connectivity index (χ1v) is 6.38. The first-order valence-electron chi connectivity index (χ1n) is 4.71. The molecule has 0 unspecified atom stereocenters. The van der Waals surface area contributed by atoms with E-state index in [-0.39, 0.29) is 5.82 Å². The van der Waals surface area contributed by atoms with Gasteiger partial charge in [0.1, 0.15) is 0 Å². The predicted octanol–water partition coefficient (Wildman–Crippen LogP) is 2.76. The van der Waals surface area contributed by atoms with Crippen LogP contribution in [-0.4, -0.2) is 14.5 Å². The molecule has 0 saturated heterocycles. The van der Waals surface area contributed by atoms with Crippen molar-refractivity contribution in [2.24, 2.45) is 7.05 Å². The van der Waals surface area contributed by atoms with Crippen LogP contribution in [0.5, 0.6) is 0 Å². The van der Waals surface area contributed by atoms with Crippen molar-refractivity contribution in [3.63, 3.8) is 0 Å². The lowest BCUT2D eigenvalue weighted by Gasteiger charge is -2.05. The summed E-state index contributed by atoms with van der Waals surface area (Å²) >= 11 is 4.99. The number of hydrogen-bond acceptors (Lipinski definition) is 5. The Hall–Kier alpha value is -1.41. The standard InChI is InChI=1S/C9H9BrN4O2S/c1-13-5-12-9(14(15)16)8(13)11-4-7-6(10)2-3-17-7/h2-3,5,11H,4H2,1H3. The third-order valence-electron chi connectivity index (χ3n) is 2.20. The molecule has 2 aromatic rings. The number of anilines is 1. The maximum absolute atomic E-state index is 10.7. The van der Waals surface area contributed by atoms with Crippen molar-refractivity contribution >= 4 is 38.9 Å². The van der Waals surface area contributed by atoms with Gasteiger partial charge in [-0.05, 0) is 37.3 Å². The average molecular weight is 317 g/mol. The highest BCUT2D eigenvalue weighted by molar-refractivity contribution is 9.10. The van der Waals surface area contributed by atoms with E-state index in [0.29, 0.717) is 12.4 Å². The topological polar surface area (TPSA) is 73.0 Å². The maximum atomic E-state index is 10.7. The Morgan fingerprint density at radius 2 is 2.47 bits per heavy atom. The minimum absolute atomic E-state index is 0.153. The quantitative estimate of drug-likeness (QED) is 0.695. The molecule has 1 N–H and O–H groups in total. The van der Waals surface area contributed by atoms with E-state index in [2.05, 4.69) is 26.2 Å². The van der Waals surface area contributed by atoms with Crippen molar-refractivity contribution in [3.8, 4) is 0 Å². The molecule has 90 valence electrons. The van der Waals surface area contributed by atoms with Gasteiger partial charge in [0.15, 0.2) is 0 Å². The van der Waals surface area contributed by atoms with Gasteiger partial charge in [0.25, 0.3) is 0 Å². The molecule has 0 saturated carbocycles. The van der Waals surface area contributed by atoms with Gasteiger partial charge in [-0.3, -0.25) is 4.57 Å². The van der Waals surface area contributed by atoms with Gasteiger partial charge in [-0.25, -0.2) is 0 Å². The van der Waals surface area contributed by atoms with Gasteiger partial charge in [-0.15, -0.1) is 11.3 Å². The van der Waals surface area contributed by atoms with Crippen molar-refractivity contribution in [2.45, 2.75) is 6.54 Å². The minimum Gasteiger partial charge on any atom is -0.359 e. The zero-order chi connectivity index (χ0) is 12.4. The molecule has 0 aliphatic carbocycles. The molecule has 17 heavy (non-hydrogen) atoms. The maximum Gasteiger partial charge on any atom is 0.406 e. The number of halogens is 1. The molecular formula is C9H9BrN4O2S. The van der Waals surface area contributed by atoms with Crippen LogP contribution in [0.25, 0.3) is 0 Å². The highest BCUT2D eigenvalue weighted by Gasteiger charge is 2.19. The van der Waals surface area contributed by atoms with Crippen molar-refractivity contribution in [2.75, 3.05) is 5.32 Å². The van der Waals surface area contributed by atoms with Gasteiger partial charge >= 0.3 is 5.82 Å². The fourth-order valence-electron chi connectivity index (χ4n) is 1.37. The summed E-state index contributed by atoms with van der Waals surface area (Å²) in [5.74, 6) is 0.260. The van der Waals surface area contributed by atoms with E-state index in [0.717, 1.165) is 9.35 Å². The Morgan fingerprint density at radius 3 is 3.06 bits per heavy atom. The number of nitrogens with zero attached hydrogens (tertiary/aromatic N) is 3. The number of imidazole rings is 1. The molecule has 2 rings (SSSR count). The van der Waals surface area contributed by atoms with Crippen LogP contribution in [0.2, 0.25) is 0 Å². The summed E-state index contributed by atoms with van der Waals surface area (Å²) in [6.45, 7) is 0.526. The van der Waals surface area contributed by atoms with Crippen LogP contribution in [0.1, 0.15) is 4.88 Å². The van der Waals surface area contributed by atoms with Crippen LogP contribution in [-0.2, 0) is 13.6 Å². The molecule has 0 aromatic carbocycles. The van der Waals surface area contributed by atoms with E-state index in [1.54, 1.807) is 23.0 Å². The summed E-state index contributed by atoms with van der Waals surface area (Å²) in [6.07, 6.45) is 1.42. The third kappa shape index (κ3) is 2.47. The highest BCUT2D eigenvalue weighted by Crippen LogP contribution is 2.26. The molecule has 0 spiro atoms. The Kier molecular flexibility index (Phi) is 3.43. The first kappa shape index (κ1) is 12.1. The van der Waals surface area contributed by atoms with E-state index >= 15 is 0 Å². The molecule has 6 nitrogen and oxygen atoms in total. The number of nitrogens with one attached hydrogen (secondary N) is 1. The summed E-state index contributed by atoms with van der Waals surface area (Å²) in [6, 6.07) is 1.94. The molecule has 2 heterocycles. The fourth-order valence-corrected chi connectivity index (χ4v) is 2.80. The van der Waals surface area contributed by atoms with Gasteiger partial charge in [-0.1, -0.05) is 0 Å². The van der Waals surface area contributed by atoms with Gasteiger partial charge in [0.2, 0.25) is 12.1 Å². The Bertz CT molecular complexity index is 551. The van der Waals surface area contributed by atoms with Crippen molar-refractivity contribution in [3.05, 3.63) is 37.2 Å². The van der Waals surface area contributed by atoms with E-state index < -0.39 is 4.92 Å². The average Bonchev–Trinajstić information content (AvgIpc) is 2.82. The minimum atomic E-state index is -0.494. The Labute approximate surface area is 110 Å². The van der Waals surface area contributed by atoms with Crippen LogP contribution in [0.15, 0.2) is 22.2 Å². The zero-order valence-electron chi connectivity index (χ0n) is 8.88. The van der Waals surface area contributed by atoms with Gasteiger partial charge < -0.3 is 15.4 Å². The Morgan fingerprint density at radius 1 is 1.71 bits per heavy atom. The van der Waals surface area contributed by atoms with Gasteiger partial charge in [-0.2, -0.15) is 0 Å². The zero-order valence-corrected chi connectivity index (χ0v) is 11.3. The molecule has 8 heteroatoms. The Balaban J connectivity index is 2.16. The van der Waals surface area contributed by atoms with Crippen molar-refractivity contribution in [1.82, 2.24) is 9.55 Å². The largest absolute Gasteiger partial charge is 0.406 e. The smallest absolute Gasteiger partial charge is 0.359 e. The van der Waals surface area contributed by atoms with E-state index in [1.807, 2.05) is 11.4 Å². The van der Waals surface area contributed by atoms with Gasteiger partial charge in [0, 0.05) is 16.4 Å².